The Morgan fingerprint density at radius 3 is 1.71 bits per heavy atom. The molecule has 0 fully saturated rings. The van der Waals surface area contributed by atoms with E-state index in [1.807, 2.05) is 24.3 Å². The van der Waals surface area contributed by atoms with Crippen LogP contribution in [0.3, 0.4) is 0 Å². The minimum atomic E-state index is -0.00774. The van der Waals surface area contributed by atoms with Crippen molar-refractivity contribution in [3.05, 3.63) is 144 Å². The van der Waals surface area contributed by atoms with Gasteiger partial charge in [-0.1, -0.05) is 121 Å². The zero-order valence-electron chi connectivity index (χ0n) is 19.7. The first-order valence-electron chi connectivity index (χ1n) is 12.4. The Morgan fingerprint density at radius 2 is 1.09 bits per heavy atom. The quantitative estimate of drug-likeness (QED) is 0.289. The van der Waals surface area contributed by atoms with Crippen molar-refractivity contribution in [3.63, 3.8) is 0 Å². The molecule has 1 aliphatic carbocycles. The molecular weight excluding hydrogens is 424 g/mol. The molecule has 0 atom stereocenters. The molecule has 1 heteroatoms. The minimum absolute atomic E-state index is 0.00774. The molecule has 0 heterocycles. The Balaban J connectivity index is 1.45. The molecule has 0 amide bonds. The van der Waals surface area contributed by atoms with E-state index in [0.717, 1.165) is 35.6 Å². The fraction of sp³-hybridized carbons (Fsp3) is 0.118. The van der Waals surface area contributed by atoms with Crippen LogP contribution >= 0.6 is 0 Å². The Kier molecular flexibility index (Phi) is 5.47. The lowest BCUT2D eigenvalue weighted by molar-refractivity contribution is 0.471. The molecule has 0 saturated heterocycles. The molecule has 0 aromatic heterocycles. The lowest BCUT2D eigenvalue weighted by Gasteiger charge is -2.38. The molecule has 1 nitrogen and oxygen atoms in total. The highest BCUT2D eigenvalue weighted by Crippen LogP contribution is 2.47. The van der Waals surface area contributed by atoms with Crippen molar-refractivity contribution in [2.75, 3.05) is 0 Å². The zero-order chi connectivity index (χ0) is 23.7. The first-order chi connectivity index (χ1) is 17.3. The summed E-state index contributed by atoms with van der Waals surface area (Å²) in [6.07, 6.45) is 5.51. The number of phenols is 1. The van der Waals surface area contributed by atoms with E-state index in [0.29, 0.717) is 5.75 Å². The van der Waals surface area contributed by atoms with Crippen LogP contribution < -0.4 is 0 Å². The summed E-state index contributed by atoms with van der Waals surface area (Å²) >= 11 is 0. The van der Waals surface area contributed by atoms with Crippen LogP contribution in [0.1, 0.15) is 36.0 Å². The summed E-state index contributed by atoms with van der Waals surface area (Å²) in [5.41, 5.74) is 7.85. The SMILES string of the molecule is Oc1ccc(-c2ccccc2C2=CCC(c3ccccc3)(c3ccccc3)CC2)c2ccccc12. The number of aromatic hydroxyl groups is 1. The van der Waals surface area contributed by atoms with Gasteiger partial charge in [0.1, 0.15) is 5.75 Å². The smallest absolute Gasteiger partial charge is 0.123 e. The van der Waals surface area contributed by atoms with Crippen LogP contribution in [0.2, 0.25) is 0 Å². The highest BCUT2D eigenvalue weighted by atomic mass is 16.3. The van der Waals surface area contributed by atoms with Crippen molar-refractivity contribution in [1.29, 1.82) is 0 Å². The fourth-order valence-corrected chi connectivity index (χ4v) is 5.82. The molecule has 0 saturated carbocycles. The van der Waals surface area contributed by atoms with Crippen LogP contribution in [-0.4, -0.2) is 5.11 Å². The Morgan fingerprint density at radius 1 is 0.514 bits per heavy atom. The number of rotatable bonds is 4. The van der Waals surface area contributed by atoms with Crippen molar-refractivity contribution in [2.24, 2.45) is 0 Å². The lowest BCUT2D eigenvalue weighted by Crippen LogP contribution is -2.29. The van der Waals surface area contributed by atoms with Crippen LogP contribution in [-0.2, 0) is 5.41 Å². The second-order valence-electron chi connectivity index (χ2n) is 9.47. The van der Waals surface area contributed by atoms with Gasteiger partial charge in [0.25, 0.3) is 0 Å². The highest BCUT2D eigenvalue weighted by molar-refractivity contribution is 6.02. The lowest BCUT2D eigenvalue weighted by atomic mass is 9.65. The van der Waals surface area contributed by atoms with Gasteiger partial charge in [-0.25, -0.2) is 0 Å². The molecule has 5 aromatic rings. The van der Waals surface area contributed by atoms with E-state index in [4.69, 9.17) is 0 Å². The third kappa shape index (κ3) is 3.74. The molecule has 170 valence electrons. The van der Waals surface area contributed by atoms with Gasteiger partial charge in [0.05, 0.1) is 0 Å². The van der Waals surface area contributed by atoms with E-state index in [2.05, 4.69) is 103 Å². The molecule has 6 rings (SSSR count). The van der Waals surface area contributed by atoms with Gasteiger partial charge in [-0.3, -0.25) is 0 Å². The summed E-state index contributed by atoms with van der Waals surface area (Å²) in [5.74, 6) is 0.328. The Labute approximate surface area is 207 Å². The van der Waals surface area contributed by atoms with Crippen LogP contribution in [0.4, 0.5) is 0 Å². The van der Waals surface area contributed by atoms with Gasteiger partial charge < -0.3 is 5.11 Å². The second-order valence-corrected chi connectivity index (χ2v) is 9.47. The van der Waals surface area contributed by atoms with Crippen molar-refractivity contribution >= 4 is 16.3 Å². The molecule has 0 aliphatic heterocycles. The molecule has 1 N–H and O–H groups in total. The molecular formula is C34H28O. The topological polar surface area (TPSA) is 20.2 Å². The molecule has 1 aliphatic rings. The number of hydrogen-bond donors (Lipinski definition) is 1. The van der Waals surface area contributed by atoms with Crippen molar-refractivity contribution in [3.8, 4) is 16.9 Å². The second kappa shape index (κ2) is 8.92. The third-order valence-corrected chi connectivity index (χ3v) is 7.64. The minimum Gasteiger partial charge on any atom is -0.507 e. The van der Waals surface area contributed by atoms with Crippen LogP contribution in [0.15, 0.2) is 127 Å². The van der Waals surface area contributed by atoms with E-state index in [-0.39, 0.29) is 5.41 Å². The summed E-state index contributed by atoms with van der Waals surface area (Å²) < 4.78 is 0. The molecule has 35 heavy (non-hydrogen) atoms. The molecule has 0 unspecified atom stereocenters. The average Bonchev–Trinajstić information content (AvgIpc) is 2.95. The summed E-state index contributed by atoms with van der Waals surface area (Å²) in [6, 6.07) is 42.7. The van der Waals surface area contributed by atoms with Crippen LogP contribution in [0, 0.1) is 0 Å². The average molecular weight is 453 g/mol. The van der Waals surface area contributed by atoms with Gasteiger partial charge in [0, 0.05) is 10.8 Å². The highest BCUT2D eigenvalue weighted by Gasteiger charge is 2.36. The molecule has 0 radical (unpaired) electrons. The number of allylic oxidation sites excluding steroid dienone is 2. The summed E-state index contributed by atoms with van der Waals surface area (Å²) in [5, 5.41) is 12.4. The Bertz CT molecular complexity index is 1470. The predicted octanol–water partition coefficient (Wildman–Crippen LogP) is 8.77. The summed E-state index contributed by atoms with van der Waals surface area (Å²) in [4.78, 5) is 0. The molecule has 0 bridgehead atoms. The van der Waals surface area contributed by atoms with Crippen molar-refractivity contribution in [2.45, 2.75) is 24.7 Å². The standard InChI is InChI=1S/C34H28O/c35-33-20-19-31(30-17-9-10-18-32(30)33)29-16-8-7-15-28(29)25-21-23-34(24-22-25,26-11-3-1-4-12-26)27-13-5-2-6-14-27/h1-21,35H,22-24H2. The zero-order valence-corrected chi connectivity index (χ0v) is 19.7. The number of fused-ring (bicyclic) bond motifs is 1. The monoisotopic (exact) mass is 452 g/mol. The first kappa shape index (κ1) is 21.4. The van der Waals surface area contributed by atoms with E-state index in [9.17, 15) is 5.11 Å². The van der Waals surface area contributed by atoms with E-state index in [1.54, 1.807) is 0 Å². The fourth-order valence-electron chi connectivity index (χ4n) is 5.82. The normalized spacial score (nSPS) is 15.0. The van der Waals surface area contributed by atoms with Gasteiger partial charge in [0.15, 0.2) is 0 Å². The van der Waals surface area contributed by atoms with Gasteiger partial charge in [-0.2, -0.15) is 0 Å². The van der Waals surface area contributed by atoms with Gasteiger partial charge in [0.2, 0.25) is 0 Å². The number of hydrogen-bond acceptors (Lipinski definition) is 1. The van der Waals surface area contributed by atoms with Crippen molar-refractivity contribution < 1.29 is 5.11 Å². The van der Waals surface area contributed by atoms with Crippen LogP contribution in [0.5, 0.6) is 5.75 Å². The van der Waals surface area contributed by atoms with E-state index >= 15 is 0 Å². The third-order valence-electron chi connectivity index (χ3n) is 7.64. The Hall–Kier alpha value is -4.10. The van der Waals surface area contributed by atoms with Crippen LogP contribution in [0.25, 0.3) is 27.5 Å². The van der Waals surface area contributed by atoms with E-state index < -0.39 is 0 Å². The molecule has 0 spiro atoms. The van der Waals surface area contributed by atoms with Gasteiger partial charge in [-0.05, 0) is 64.1 Å². The van der Waals surface area contributed by atoms with E-state index in [1.165, 1.54) is 27.8 Å². The number of phenolic OH excluding ortho intramolecular Hbond substituents is 1. The largest absolute Gasteiger partial charge is 0.507 e. The van der Waals surface area contributed by atoms with Gasteiger partial charge >= 0.3 is 0 Å². The van der Waals surface area contributed by atoms with Gasteiger partial charge in [-0.15, -0.1) is 0 Å². The maximum atomic E-state index is 10.4. The number of benzene rings is 5. The first-order valence-corrected chi connectivity index (χ1v) is 12.4. The maximum absolute atomic E-state index is 10.4. The molecule has 5 aromatic carbocycles. The van der Waals surface area contributed by atoms with Crippen molar-refractivity contribution in [1.82, 2.24) is 0 Å². The predicted molar refractivity (Wildman–Crippen MR) is 147 cm³/mol. The maximum Gasteiger partial charge on any atom is 0.123 e. The summed E-state index contributed by atoms with van der Waals surface area (Å²) in [7, 11) is 0. The summed E-state index contributed by atoms with van der Waals surface area (Å²) in [6.45, 7) is 0.